The summed E-state index contributed by atoms with van der Waals surface area (Å²) in [4.78, 5) is 0. The van der Waals surface area contributed by atoms with Crippen molar-refractivity contribution in [3.05, 3.63) is 158 Å². The Hall–Kier alpha value is -5.01. The Kier molecular flexibility index (Phi) is 10.2. The Labute approximate surface area is 313 Å². The van der Waals surface area contributed by atoms with E-state index in [4.69, 9.17) is 4.42 Å². The average molecular weight is 719 g/mol. The molecule has 0 fully saturated rings. The molecular formula is C45H38N2OS3. The predicted octanol–water partition coefficient (Wildman–Crippen LogP) is 13.8. The zero-order valence-corrected chi connectivity index (χ0v) is 31.3. The standard InChI is InChI=1S/C42H26N2O.C2H6.CH4S.H2S2/c1-2-11-27(12-3-1)28-21-23-39-34(25-28)32-15-6-9-19-38(32)44(39)40-20-10-16-33-35-26-29(22-24-41(35)45-42(33)40)43-36-17-7-4-13-30(36)31-14-5-8-18-37(31)43;3*1-2/h1-26H;1-2H3;2H,1H3;1-2H. The van der Waals surface area contributed by atoms with Crippen LogP contribution in [-0.2, 0) is 0 Å². The summed E-state index contributed by atoms with van der Waals surface area (Å²) >= 11 is 9.97. The Balaban J connectivity index is 0.000000646. The van der Waals surface area contributed by atoms with Gasteiger partial charge in [0.15, 0.2) is 5.58 Å². The first-order valence-corrected chi connectivity index (χ1v) is 19.5. The highest BCUT2D eigenvalue weighted by Crippen LogP contribution is 2.40. The van der Waals surface area contributed by atoms with E-state index in [0.29, 0.717) is 0 Å². The summed E-state index contributed by atoms with van der Waals surface area (Å²) in [5, 5.41) is 7.19. The van der Waals surface area contributed by atoms with Crippen LogP contribution in [0.15, 0.2) is 162 Å². The number of thiol groups is 3. The van der Waals surface area contributed by atoms with Gasteiger partial charge in [-0.05, 0) is 72.0 Å². The van der Waals surface area contributed by atoms with Gasteiger partial charge in [0.1, 0.15) is 5.58 Å². The summed E-state index contributed by atoms with van der Waals surface area (Å²) < 4.78 is 11.4. The highest BCUT2D eigenvalue weighted by molar-refractivity contribution is 8.59. The minimum atomic E-state index is 0.883. The molecule has 0 atom stereocenters. The van der Waals surface area contributed by atoms with Crippen LogP contribution < -0.4 is 0 Å². The molecule has 0 amide bonds. The van der Waals surface area contributed by atoms with Gasteiger partial charge >= 0.3 is 0 Å². The molecule has 0 bridgehead atoms. The minimum Gasteiger partial charge on any atom is -0.454 e. The van der Waals surface area contributed by atoms with Gasteiger partial charge in [0, 0.05) is 38.0 Å². The lowest BCUT2D eigenvalue weighted by Gasteiger charge is -2.09. The fraction of sp³-hybridized carbons (Fsp3) is 0.0667. The van der Waals surface area contributed by atoms with Crippen molar-refractivity contribution in [1.82, 2.24) is 9.13 Å². The molecule has 7 aromatic carbocycles. The van der Waals surface area contributed by atoms with Gasteiger partial charge in [-0.25, -0.2) is 0 Å². The number of furan rings is 1. The van der Waals surface area contributed by atoms with Crippen LogP contribution in [-0.4, -0.2) is 15.4 Å². The van der Waals surface area contributed by atoms with Crippen molar-refractivity contribution in [1.29, 1.82) is 0 Å². The van der Waals surface area contributed by atoms with E-state index in [1.807, 2.05) is 13.8 Å². The predicted molar refractivity (Wildman–Crippen MR) is 232 cm³/mol. The topological polar surface area (TPSA) is 23.0 Å². The number of hydrogen-bond acceptors (Lipinski definition) is 4. The Morgan fingerprint density at radius 1 is 0.412 bits per heavy atom. The van der Waals surface area contributed by atoms with Gasteiger partial charge < -0.3 is 13.6 Å². The zero-order chi connectivity index (χ0) is 35.5. The van der Waals surface area contributed by atoms with E-state index in [1.54, 1.807) is 6.26 Å². The summed E-state index contributed by atoms with van der Waals surface area (Å²) in [6, 6.07) is 56.4. The van der Waals surface area contributed by atoms with E-state index >= 15 is 0 Å². The number of nitrogens with zero attached hydrogens (tertiary/aromatic N) is 2. The average Bonchev–Trinajstić information content (AvgIpc) is 3.88. The lowest BCUT2D eigenvalue weighted by Crippen LogP contribution is -1.94. The SMILES string of the molecule is CC.CS.SS.c1ccc(-c2ccc3c(c2)c2ccccc2n3-c2cccc3c2oc2ccc(-n4c5ccccc5c5ccccc54)cc23)cc1. The fourth-order valence-corrected chi connectivity index (χ4v) is 7.33. The largest absolute Gasteiger partial charge is 0.454 e. The second-order valence-electron chi connectivity index (χ2n) is 11.8. The molecule has 0 radical (unpaired) electrons. The molecule has 3 aromatic heterocycles. The number of aromatic nitrogens is 2. The third-order valence-electron chi connectivity index (χ3n) is 9.32. The molecule has 10 rings (SSSR count). The number of hydrogen-bond donors (Lipinski definition) is 3. The maximum atomic E-state index is 6.72. The third-order valence-corrected chi connectivity index (χ3v) is 9.32. The molecular weight excluding hydrogens is 681 g/mol. The van der Waals surface area contributed by atoms with Gasteiger partial charge in [-0.3, -0.25) is 0 Å². The van der Waals surface area contributed by atoms with Crippen LogP contribution in [0.1, 0.15) is 13.8 Å². The van der Waals surface area contributed by atoms with E-state index in [9.17, 15) is 0 Å². The van der Waals surface area contributed by atoms with Crippen LogP contribution >= 0.6 is 36.0 Å². The molecule has 0 saturated heterocycles. The van der Waals surface area contributed by atoms with E-state index in [0.717, 1.165) is 44.3 Å². The van der Waals surface area contributed by atoms with E-state index in [2.05, 4.69) is 203 Å². The number of para-hydroxylation sites is 4. The second kappa shape index (κ2) is 15.1. The van der Waals surface area contributed by atoms with Gasteiger partial charge in [-0.1, -0.05) is 117 Å². The molecule has 0 aliphatic heterocycles. The maximum Gasteiger partial charge on any atom is 0.159 e. The monoisotopic (exact) mass is 718 g/mol. The summed E-state index contributed by atoms with van der Waals surface area (Å²) in [5.41, 5.74) is 11.1. The lowest BCUT2D eigenvalue weighted by atomic mass is 10.0. The smallest absolute Gasteiger partial charge is 0.159 e. The molecule has 10 aromatic rings. The van der Waals surface area contributed by atoms with Crippen LogP contribution in [0.25, 0.3) is 88.1 Å². The molecule has 0 aliphatic rings. The number of benzene rings is 7. The van der Waals surface area contributed by atoms with Gasteiger partial charge in [-0.15, -0.1) is 23.3 Å². The van der Waals surface area contributed by atoms with Crippen molar-refractivity contribution in [3.8, 4) is 22.5 Å². The fourth-order valence-electron chi connectivity index (χ4n) is 7.33. The zero-order valence-electron chi connectivity index (χ0n) is 28.7. The first kappa shape index (κ1) is 34.4. The number of rotatable bonds is 3. The Bertz CT molecular complexity index is 2720. The van der Waals surface area contributed by atoms with Crippen LogP contribution in [0, 0.1) is 0 Å². The van der Waals surface area contributed by atoms with Crippen LogP contribution in [0.2, 0.25) is 0 Å². The third kappa shape index (κ3) is 5.78. The molecule has 0 spiro atoms. The Morgan fingerprint density at radius 2 is 0.941 bits per heavy atom. The molecule has 6 heteroatoms. The van der Waals surface area contributed by atoms with Crippen LogP contribution in [0.4, 0.5) is 0 Å². The first-order chi connectivity index (χ1) is 25.3. The molecule has 252 valence electrons. The van der Waals surface area contributed by atoms with Crippen molar-refractivity contribution in [2.45, 2.75) is 13.8 Å². The van der Waals surface area contributed by atoms with Gasteiger partial charge in [-0.2, -0.15) is 12.6 Å². The quantitative estimate of drug-likeness (QED) is 0.123. The van der Waals surface area contributed by atoms with Gasteiger partial charge in [0.25, 0.3) is 0 Å². The van der Waals surface area contributed by atoms with Crippen molar-refractivity contribution in [2.24, 2.45) is 0 Å². The molecule has 0 unspecified atom stereocenters. The minimum absolute atomic E-state index is 0.883. The summed E-state index contributed by atoms with van der Waals surface area (Å²) in [5.74, 6) is 0. The van der Waals surface area contributed by atoms with Gasteiger partial charge in [0.2, 0.25) is 0 Å². The van der Waals surface area contributed by atoms with Crippen molar-refractivity contribution < 1.29 is 4.42 Å². The second-order valence-corrected chi connectivity index (χ2v) is 11.8. The normalized spacial score (nSPS) is 10.9. The molecule has 0 saturated carbocycles. The molecule has 0 N–H and O–H groups in total. The maximum absolute atomic E-state index is 6.72. The van der Waals surface area contributed by atoms with E-state index < -0.39 is 0 Å². The first-order valence-electron chi connectivity index (χ1n) is 17.0. The molecule has 0 aliphatic carbocycles. The molecule has 51 heavy (non-hydrogen) atoms. The van der Waals surface area contributed by atoms with Crippen molar-refractivity contribution in [3.63, 3.8) is 0 Å². The summed E-state index contributed by atoms with van der Waals surface area (Å²) in [7, 11) is 0. The highest BCUT2D eigenvalue weighted by Gasteiger charge is 2.19. The highest BCUT2D eigenvalue weighted by atomic mass is 33.1. The lowest BCUT2D eigenvalue weighted by molar-refractivity contribution is 0.666. The van der Waals surface area contributed by atoms with E-state index in [1.165, 1.54) is 43.7 Å². The van der Waals surface area contributed by atoms with Crippen molar-refractivity contribution in [2.75, 3.05) is 6.26 Å². The van der Waals surface area contributed by atoms with Gasteiger partial charge in [0.05, 0.1) is 27.8 Å². The van der Waals surface area contributed by atoms with Crippen LogP contribution in [0.3, 0.4) is 0 Å². The summed E-state index contributed by atoms with van der Waals surface area (Å²) in [6.07, 6.45) is 1.69. The summed E-state index contributed by atoms with van der Waals surface area (Å²) in [6.45, 7) is 4.00. The van der Waals surface area contributed by atoms with Crippen LogP contribution in [0.5, 0.6) is 0 Å². The Morgan fingerprint density at radius 3 is 1.59 bits per heavy atom. The number of fused-ring (bicyclic) bond motifs is 9. The molecule has 3 nitrogen and oxygen atoms in total. The van der Waals surface area contributed by atoms with Crippen molar-refractivity contribution >= 4 is 102 Å². The molecule has 3 heterocycles. The van der Waals surface area contributed by atoms with E-state index in [-0.39, 0.29) is 0 Å².